The van der Waals surface area contributed by atoms with Gasteiger partial charge in [0.1, 0.15) is 17.3 Å². The fraction of sp³-hybridized carbons (Fsp3) is 0.0645. The molecule has 0 spiro atoms. The molecule has 0 aliphatic heterocycles. The number of methoxy groups -OCH3 is 1. The maximum Gasteiger partial charge on any atom is 0.299 e. The molecule has 0 aliphatic rings. The van der Waals surface area contributed by atoms with Crippen molar-refractivity contribution in [2.75, 3.05) is 12.4 Å². The minimum atomic E-state index is -0.454. The first-order chi connectivity index (χ1) is 19.5. The van der Waals surface area contributed by atoms with Gasteiger partial charge in [-0.25, -0.2) is 4.39 Å². The molecule has 1 aromatic heterocycles. The number of ether oxygens (including phenoxy) is 2. The number of benzene rings is 4. The zero-order valence-electron chi connectivity index (χ0n) is 21.5. The molecule has 40 heavy (non-hydrogen) atoms. The van der Waals surface area contributed by atoms with E-state index in [1.165, 1.54) is 23.0 Å². The molecule has 0 unspecified atom stereocenters. The standard InChI is InChI=1S/C31H25FN4O4/c1-39-26-16-14-25(15-17-26)36-31(38)29(28(20-34-36)40-27-8-3-2-4-9-27)35-24-7-5-6-22(18-24)30(37)33-19-21-10-12-23(32)13-11-21/h2-18,20,35H,19H2,1H3,(H,33,37). The Balaban J connectivity index is 1.44. The number of anilines is 2. The summed E-state index contributed by atoms with van der Waals surface area (Å²) in [5.74, 6) is 0.731. The van der Waals surface area contributed by atoms with Gasteiger partial charge in [-0.05, 0) is 72.3 Å². The average molecular weight is 537 g/mol. The maximum absolute atomic E-state index is 13.7. The van der Waals surface area contributed by atoms with Gasteiger partial charge in [0.05, 0.1) is 19.0 Å². The van der Waals surface area contributed by atoms with Gasteiger partial charge in [-0.3, -0.25) is 9.59 Å². The zero-order chi connectivity index (χ0) is 27.9. The molecule has 0 fully saturated rings. The van der Waals surface area contributed by atoms with E-state index >= 15 is 0 Å². The molecule has 0 aliphatic carbocycles. The maximum atomic E-state index is 13.7. The number of halogens is 1. The van der Waals surface area contributed by atoms with Crippen LogP contribution in [0.2, 0.25) is 0 Å². The minimum absolute atomic E-state index is 0.138. The highest BCUT2D eigenvalue weighted by Crippen LogP contribution is 2.29. The summed E-state index contributed by atoms with van der Waals surface area (Å²) in [4.78, 5) is 26.5. The van der Waals surface area contributed by atoms with Crippen LogP contribution in [0.15, 0.2) is 114 Å². The Kier molecular flexibility index (Phi) is 7.82. The first kappa shape index (κ1) is 26.2. The number of aromatic nitrogens is 2. The molecule has 8 nitrogen and oxygen atoms in total. The summed E-state index contributed by atoms with van der Waals surface area (Å²) in [7, 11) is 1.56. The highest BCUT2D eigenvalue weighted by molar-refractivity contribution is 5.95. The third-order valence-electron chi connectivity index (χ3n) is 5.99. The van der Waals surface area contributed by atoms with Crippen molar-refractivity contribution in [3.8, 4) is 22.9 Å². The van der Waals surface area contributed by atoms with Crippen LogP contribution in [0.5, 0.6) is 17.2 Å². The molecule has 1 amide bonds. The molecule has 0 saturated carbocycles. The van der Waals surface area contributed by atoms with Crippen LogP contribution >= 0.6 is 0 Å². The molecular formula is C31H25FN4O4. The summed E-state index contributed by atoms with van der Waals surface area (Å²) >= 11 is 0. The van der Waals surface area contributed by atoms with Crippen LogP contribution in [0.3, 0.4) is 0 Å². The highest BCUT2D eigenvalue weighted by Gasteiger charge is 2.16. The van der Waals surface area contributed by atoms with Crippen LogP contribution < -0.4 is 25.7 Å². The van der Waals surface area contributed by atoms with Gasteiger partial charge in [-0.1, -0.05) is 36.4 Å². The lowest BCUT2D eigenvalue weighted by Crippen LogP contribution is -2.24. The van der Waals surface area contributed by atoms with Gasteiger partial charge in [0.2, 0.25) is 0 Å². The first-order valence-corrected chi connectivity index (χ1v) is 12.4. The highest BCUT2D eigenvalue weighted by atomic mass is 19.1. The Hall–Kier alpha value is -5.44. The van der Waals surface area contributed by atoms with Crippen molar-refractivity contribution >= 4 is 17.3 Å². The normalized spacial score (nSPS) is 10.6. The topological polar surface area (TPSA) is 94.5 Å². The van der Waals surface area contributed by atoms with Gasteiger partial charge in [-0.2, -0.15) is 9.78 Å². The van der Waals surface area contributed by atoms with Gasteiger partial charge in [0.15, 0.2) is 11.4 Å². The molecule has 2 N–H and O–H groups in total. The second-order valence-corrected chi connectivity index (χ2v) is 8.73. The lowest BCUT2D eigenvalue weighted by atomic mass is 10.1. The third-order valence-corrected chi connectivity index (χ3v) is 5.99. The predicted molar refractivity (Wildman–Crippen MR) is 150 cm³/mol. The molecule has 200 valence electrons. The SMILES string of the molecule is COc1ccc(-n2ncc(Oc3ccccc3)c(Nc3cccc(C(=O)NCc4ccc(F)cc4)c3)c2=O)cc1. The molecule has 4 aromatic carbocycles. The summed E-state index contributed by atoms with van der Waals surface area (Å²) in [6.45, 7) is 0.239. The fourth-order valence-corrected chi connectivity index (χ4v) is 3.92. The molecule has 5 aromatic rings. The Bertz CT molecular complexity index is 1670. The Morgan fingerprint density at radius 3 is 2.38 bits per heavy atom. The van der Waals surface area contributed by atoms with Gasteiger partial charge in [-0.15, -0.1) is 0 Å². The number of hydrogen-bond acceptors (Lipinski definition) is 6. The van der Waals surface area contributed by atoms with E-state index in [0.29, 0.717) is 28.4 Å². The lowest BCUT2D eigenvalue weighted by molar-refractivity contribution is 0.0951. The third kappa shape index (κ3) is 6.16. The van der Waals surface area contributed by atoms with Crippen molar-refractivity contribution in [3.05, 3.63) is 137 Å². The number of rotatable bonds is 9. The Morgan fingerprint density at radius 2 is 1.65 bits per heavy atom. The number of carbonyl (C=O) groups is 1. The minimum Gasteiger partial charge on any atom is -0.497 e. The lowest BCUT2D eigenvalue weighted by Gasteiger charge is -2.15. The number of para-hydroxylation sites is 1. The Labute approximate surface area is 229 Å². The van der Waals surface area contributed by atoms with Gasteiger partial charge < -0.3 is 20.1 Å². The zero-order valence-corrected chi connectivity index (χ0v) is 21.5. The molecule has 0 bridgehead atoms. The van der Waals surface area contributed by atoms with Gasteiger partial charge in [0, 0.05) is 17.8 Å². The predicted octanol–water partition coefficient (Wildman–Crippen LogP) is 5.85. The summed E-state index contributed by atoms with van der Waals surface area (Å²) < 4.78 is 25.6. The largest absolute Gasteiger partial charge is 0.497 e. The first-order valence-electron chi connectivity index (χ1n) is 12.4. The fourth-order valence-electron chi connectivity index (χ4n) is 3.92. The van der Waals surface area contributed by atoms with E-state index < -0.39 is 5.56 Å². The van der Waals surface area contributed by atoms with E-state index in [1.54, 1.807) is 79.9 Å². The van der Waals surface area contributed by atoms with Crippen LogP contribution in [-0.2, 0) is 6.54 Å². The van der Waals surface area contributed by atoms with Crippen LogP contribution in [0.25, 0.3) is 5.69 Å². The van der Waals surface area contributed by atoms with Crippen LogP contribution in [-0.4, -0.2) is 22.8 Å². The molecule has 1 heterocycles. The molecule has 0 saturated heterocycles. The van der Waals surface area contributed by atoms with Gasteiger partial charge >= 0.3 is 0 Å². The van der Waals surface area contributed by atoms with Crippen LogP contribution in [0.4, 0.5) is 15.8 Å². The second kappa shape index (κ2) is 12.0. The smallest absolute Gasteiger partial charge is 0.299 e. The summed E-state index contributed by atoms with van der Waals surface area (Å²) in [6.07, 6.45) is 1.46. The molecule has 5 rings (SSSR count). The van der Waals surface area contributed by atoms with Crippen molar-refractivity contribution in [2.45, 2.75) is 6.54 Å². The molecule has 9 heteroatoms. The Morgan fingerprint density at radius 1 is 0.900 bits per heavy atom. The summed E-state index contributed by atoms with van der Waals surface area (Å²) in [6, 6.07) is 28.6. The summed E-state index contributed by atoms with van der Waals surface area (Å²) in [5, 5.41) is 10.3. The monoisotopic (exact) mass is 536 g/mol. The quantitative estimate of drug-likeness (QED) is 0.246. The second-order valence-electron chi connectivity index (χ2n) is 8.73. The van der Waals surface area contributed by atoms with E-state index in [-0.39, 0.29) is 29.7 Å². The van der Waals surface area contributed by atoms with E-state index in [4.69, 9.17) is 9.47 Å². The van der Waals surface area contributed by atoms with E-state index in [0.717, 1.165) is 5.56 Å². The van der Waals surface area contributed by atoms with Crippen molar-refractivity contribution < 1.29 is 18.7 Å². The van der Waals surface area contributed by atoms with Crippen molar-refractivity contribution in [3.63, 3.8) is 0 Å². The van der Waals surface area contributed by atoms with Crippen LogP contribution in [0, 0.1) is 5.82 Å². The van der Waals surface area contributed by atoms with Crippen molar-refractivity contribution in [1.82, 2.24) is 15.1 Å². The molecular weight excluding hydrogens is 511 g/mol. The van der Waals surface area contributed by atoms with Crippen molar-refractivity contribution in [1.29, 1.82) is 0 Å². The molecule has 0 radical (unpaired) electrons. The number of hydrogen-bond donors (Lipinski definition) is 2. The number of carbonyl (C=O) groups excluding carboxylic acids is 1. The van der Waals surface area contributed by atoms with Gasteiger partial charge in [0.25, 0.3) is 11.5 Å². The van der Waals surface area contributed by atoms with Crippen molar-refractivity contribution in [2.24, 2.45) is 0 Å². The van der Waals surface area contributed by atoms with Crippen LogP contribution in [0.1, 0.15) is 15.9 Å². The number of amides is 1. The van der Waals surface area contributed by atoms with E-state index in [2.05, 4.69) is 15.7 Å². The molecule has 0 atom stereocenters. The number of nitrogens with one attached hydrogen (secondary N) is 2. The summed E-state index contributed by atoms with van der Waals surface area (Å²) in [5.41, 5.74) is 1.86. The average Bonchev–Trinajstić information content (AvgIpc) is 2.99. The number of nitrogens with zero attached hydrogens (tertiary/aromatic N) is 2. The van der Waals surface area contributed by atoms with E-state index in [1.807, 2.05) is 18.2 Å². The van der Waals surface area contributed by atoms with E-state index in [9.17, 15) is 14.0 Å².